The lowest BCUT2D eigenvalue weighted by Gasteiger charge is -2.05. The van der Waals surface area contributed by atoms with Crippen molar-refractivity contribution in [1.82, 2.24) is 0 Å². The van der Waals surface area contributed by atoms with Crippen molar-refractivity contribution in [2.75, 3.05) is 0 Å². The Bertz CT molecular complexity index is 307. The van der Waals surface area contributed by atoms with Gasteiger partial charge in [0.1, 0.15) is 0 Å². The fourth-order valence-electron chi connectivity index (χ4n) is 0.896. The van der Waals surface area contributed by atoms with Gasteiger partial charge in [0.15, 0.2) is 0 Å². The van der Waals surface area contributed by atoms with Crippen LogP contribution in [0.2, 0.25) is 0 Å². The summed E-state index contributed by atoms with van der Waals surface area (Å²) in [5.74, 6) is 0. The largest absolute Gasteiger partial charge is 0.489 e. The summed E-state index contributed by atoms with van der Waals surface area (Å²) in [6.07, 6.45) is -2.61. The van der Waals surface area contributed by atoms with Gasteiger partial charge >= 0.3 is 7.12 Å². The lowest BCUT2D eigenvalue weighted by molar-refractivity contribution is 0.151. The molecule has 6 heteroatoms. The normalized spacial score (nSPS) is 10.6. The number of rotatable bonds is 2. The molecule has 0 aromatic heterocycles. The van der Waals surface area contributed by atoms with Crippen LogP contribution >= 0.6 is 15.9 Å². The summed E-state index contributed by atoms with van der Waals surface area (Å²) in [7, 11) is -1.74. The molecule has 2 N–H and O–H groups in total. The Morgan fingerprint density at radius 2 is 1.92 bits per heavy atom. The van der Waals surface area contributed by atoms with Gasteiger partial charge in [-0.05, 0) is 11.5 Å². The number of hydrogen-bond acceptors (Lipinski definition) is 2. The molecule has 70 valence electrons. The molecule has 0 fully saturated rings. The summed E-state index contributed by atoms with van der Waals surface area (Å²) in [6.45, 7) is 0. The minimum atomic E-state index is -2.61. The Labute approximate surface area is 82.5 Å². The molecule has 0 aliphatic carbocycles. The first kappa shape index (κ1) is 10.6. The Balaban J connectivity index is 3.11. The van der Waals surface area contributed by atoms with Crippen molar-refractivity contribution in [2.24, 2.45) is 0 Å². The quantitative estimate of drug-likeness (QED) is 0.771. The first-order valence-corrected chi connectivity index (χ1v) is 4.25. The second kappa shape index (κ2) is 4.17. The van der Waals surface area contributed by atoms with Crippen LogP contribution in [-0.4, -0.2) is 17.2 Å². The zero-order chi connectivity index (χ0) is 10.0. The molecule has 2 nitrogen and oxygen atoms in total. The van der Waals surface area contributed by atoms with Gasteiger partial charge in [0.2, 0.25) is 0 Å². The molecule has 0 unspecified atom stereocenters. The van der Waals surface area contributed by atoms with Gasteiger partial charge in [0.05, 0.1) is 0 Å². The second-order valence-electron chi connectivity index (χ2n) is 2.46. The highest BCUT2D eigenvalue weighted by Gasteiger charge is 2.17. The predicted octanol–water partition coefficient (Wildman–Crippen LogP) is 1.07. The van der Waals surface area contributed by atoms with Crippen LogP contribution in [0.5, 0.6) is 0 Å². The van der Waals surface area contributed by atoms with Crippen LogP contribution in [-0.2, 0) is 0 Å². The molecule has 1 aromatic carbocycles. The molecular weight excluding hydrogens is 245 g/mol. The van der Waals surface area contributed by atoms with E-state index in [0.717, 1.165) is 6.07 Å². The van der Waals surface area contributed by atoms with Crippen molar-refractivity contribution in [3.05, 3.63) is 28.2 Å². The molecule has 13 heavy (non-hydrogen) atoms. The molecule has 0 amide bonds. The van der Waals surface area contributed by atoms with Crippen LogP contribution in [0.25, 0.3) is 0 Å². The number of benzene rings is 1. The molecule has 0 aliphatic heterocycles. The zero-order valence-corrected chi connectivity index (χ0v) is 8.00. The van der Waals surface area contributed by atoms with Gasteiger partial charge in [-0.15, -0.1) is 0 Å². The summed E-state index contributed by atoms with van der Waals surface area (Å²) in [5.41, 5.74) is -0.191. The van der Waals surface area contributed by atoms with E-state index in [9.17, 15) is 8.78 Å². The van der Waals surface area contributed by atoms with E-state index in [4.69, 9.17) is 10.0 Å². The average molecular weight is 251 g/mol. The molecule has 0 spiro atoms. The van der Waals surface area contributed by atoms with Gasteiger partial charge in [-0.2, -0.15) is 0 Å². The van der Waals surface area contributed by atoms with Crippen LogP contribution in [0.1, 0.15) is 12.0 Å². The standard InChI is InChI=1S/C7H6BBrF2O2/c9-6-2-1-4(7(10)11)3-5(6)8(12)13/h1-3,7,12-13H. The predicted molar refractivity (Wildman–Crippen MR) is 48.9 cm³/mol. The van der Waals surface area contributed by atoms with E-state index in [1.807, 2.05) is 0 Å². The van der Waals surface area contributed by atoms with Crippen LogP contribution in [0.3, 0.4) is 0 Å². The Morgan fingerprint density at radius 1 is 1.31 bits per heavy atom. The molecule has 1 aromatic rings. The van der Waals surface area contributed by atoms with Gasteiger partial charge in [-0.3, -0.25) is 0 Å². The average Bonchev–Trinajstić information content (AvgIpc) is 2.04. The molecule has 0 atom stereocenters. The minimum Gasteiger partial charge on any atom is -0.423 e. The first-order chi connectivity index (χ1) is 6.02. The maximum atomic E-state index is 12.2. The Kier molecular flexibility index (Phi) is 3.41. The fourth-order valence-corrected chi connectivity index (χ4v) is 1.35. The summed E-state index contributed by atoms with van der Waals surface area (Å²) in [4.78, 5) is 0. The lowest BCUT2D eigenvalue weighted by Crippen LogP contribution is -2.31. The summed E-state index contributed by atoms with van der Waals surface area (Å²) in [5, 5.41) is 17.6. The minimum absolute atomic E-state index is 0.0396. The van der Waals surface area contributed by atoms with Crippen molar-refractivity contribution >= 4 is 28.5 Å². The Morgan fingerprint density at radius 3 is 2.38 bits per heavy atom. The Hall–Kier alpha value is -0.455. The second-order valence-corrected chi connectivity index (χ2v) is 3.31. The molecule has 0 heterocycles. The van der Waals surface area contributed by atoms with E-state index >= 15 is 0 Å². The monoisotopic (exact) mass is 250 g/mol. The summed E-state index contributed by atoms with van der Waals surface area (Å²) >= 11 is 3.02. The van der Waals surface area contributed by atoms with E-state index in [1.54, 1.807) is 0 Å². The molecular formula is C7H6BBrF2O2. The third-order valence-corrected chi connectivity index (χ3v) is 2.27. The highest BCUT2D eigenvalue weighted by Crippen LogP contribution is 2.19. The van der Waals surface area contributed by atoms with Crippen LogP contribution in [0.15, 0.2) is 22.7 Å². The van der Waals surface area contributed by atoms with Crippen LogP contribution in [0.4, 0.5) is 8.78 Å². The molecule has 1 rings (SSSR count). The van der Waals surface area contributed by atoms with Gasteiger partial charge in [-0.25, -0.2) is 8.78 Å². The molecule has 0 radical (unpaired) electrons. The third kappa shape index (κ3) is 2.49. The third-order valence-electron chi connectivity index (χ3n) is 1.55. The highest BCUT2D eigenvalue weighted by molar-refractivity contribution is 9.10. The lowest BCUT2D eigenvalue weighted by atomic mass is 9.79. The highest BCUT2D eigenvalue weighted by atomic mass is 79.9. The van der Waals surface area contributed by atoms with Crippen molar-refractivity contribution in [3.63, 3.8) is 0 Å². The SMILES string of the molecule is OB(O)c1cc(C(F)F)ccc1Br. The van der Waals surface area contributed by atoms with Gasteiger partial charge in [0.25, 0.3) is 6.43 Å². The van der Waals surface area contributed by atoms with E-state index in [-0.39, 0.29) is 11.0 Å². The fraction of sp³-hybridized carbons (Fsp3) is 0.143. The van der Waals surface area contributed by atoms with E-state index in [0.29, 0.717) is 4.47 Å². The number of alkyl halides is 2. The van der Waals surface area contributed by atoms with Crippen molar-refractivity contribution in [3.8, 4) is 0 Å². The topological polar surface area (TPSA) is 40.5 Å². The molecule has 0 saturated carbocycles. The zero-order valence-electron chi connectivity index (χ0n) is 6.42. The van der Waals surface area contributed by atoms with Crippen molar-refractivity contribution in [2.45, 2.75) is 6.43 Å². The van der Waals surface area contributed by atoms with Crippen molar-refractivity contribution < 1.29 is 18.8 Å². The molecule has 0 saturated heterocycles. The van der Waals surface area contributed by atoms with Gasteiger partial charge in [0, 0.05) is 10.0 Å². The van der Waals surface area contributed by atoms with E-state index in [2.05, 4.69) is 15.9 Å². The van der Waals surface area contributed by atoms with Gasteiger partial charge in [-0.1, -0.05) is 28.1 Å². The summed E-state index contributed by atoms with van der Waals surface area (Å²) in [6, 6.07) is 3.64. The number of hydrogen-bond donors (Lipinski definition) is 2. The van der Waals surface area contributed by atoms with Gasteiger partial charge < -0.3 is 10.0 Å². The van der Waals surface area contributed by atoms with E-state index in [1.165, 1.54) is 12.1 Å². The smallest absolute Gasteiger partial charge is 0.423 e. The van der Waals surface area contributed by atoms with E-state index < -0.39 is 13.5 Å². The summed E-state index contributed by atoms with van der Waals surface area (Å²) < 4.78 is 24.7. The molecule has 0 bridgehead atoms. The van der Waals surface area contributed by atoms with Crippen LogP contribution < -0.4 is 5.46 Å². The van der Waals surface area contributed by atoms with Crippen LogP contribution in [0, 0.1) is 0 Å². The van der Waals surface area contributed by atoms with Crippen molar-refractivity contribution in [1.29, 1.82) is 0 Å². The number of halogens is 3. The first-order valence-electron chi connectivity index (χ1n) is 3.46. The maximum Gasteiger partial charge on any atom is 0.489 e. The molecule has 0 aliphatic rings. The maximum absolute atomic E-state index is 12.2.